The molecule has 0 saturated carbocycles. The Labute approximate surface area is 165 Å². The molecular weight excluding hydrogens is 400 g/mol. The molecule has 1 aromatic carbocycles. The van der Waals surface area contributed by atoms with Gasteiger partial charge in [0.15, 0.2) is 11.5 Å². The van der Waals surface area contributed by atoms with Gasteiger partial charge < -0.3 is 9.51 Å². The van der Waals surface area contributed by atoms with E-state index in [9.17, 15) is 9.59 Å². The molecule has 144 valence electrons. The summed E-state index contributed by atoms with van der Waals surface area (Å²) in [5.41, 5.74) is 0.574. The quantitative estimate of drug-likeness (QED) is 0.406. The summed E-state index contributed by atoms with van der Waals surface area (Å²) >= 11 is 5.88. The Morgan fingerprint density at radius 3 is 2.69 bits per heavy atom. The van der Waals surface area contributed by atoms with Crippen molar-refractivity contribution in [3.63, 3.8) is 0 Å². The van der Waals surface area contributed by atoms with Crippen LogP contribution in [0.3, 0.4) is 0 Å². The number of nitrogens with zero attached hydrogens (tertiary/aromatic N) is 5. The van der Waals surface area contributed by atoms with Gasteiger partial charge in [-0.1, -0.05) is 16.8 Å². The van der Waals surface area contributed by atoms with Crippen molar-refractivity contribution in [2.45, 2.75) is 6.54 Å². The number of hydrogen-bond acceptors (Lipinski definition) is 7. The third-order valence-corrected chi connectivity index (χ3v) is 4.41. The highest BCUT2D eigenvalue weighted by atomic mass is 35.5. The van der Waals surface area contributed by atoms with Crippen LogP contribution in [0.5, 0.6) is 0 Å². The third kappa shape index (κ3) is 3.23. The van der Waals surface area contributed by atoms with Crippen molar-refractivity contribution in [3.05, 3.63) is 68.3 Å². The van der Waals surface area contributed by atoms with Crippen molar-refractivity contribution in [2.24, 2.45) is 0 Å². The maximum absolute atomic E-state index is 11.8. The predicted octanol–water partition coefficient (Wildman–Crippen LogP) is 1.55. The first kappa shape index (κ1) is 17.1. The first-order valence-electron chi connectivity index (χ1n) is 8.39. The van der Waals surface area contributed by atoms with Gasteiger partial charge >= 0.3 is 5.69 Å². The van der Waals surface area contributed by atoms with Crippen LogP contribution >= 0.6 is 11.6 Å². The standard InChI is InChI=1S/C17H11ClN8O3/c18-10-3-1-8(2-4-10)16-20-11(25-29-16)7-26-6-9(5-19-26)13-21-12-14(22-13)23-17(28)24-15(12)27/h1-6H,7H2,(H3,21,22,23,24,27,28). The van der Waals surface area contributed by atoms with Crippen LogP contribution in [-0.4, -0.2) is 39.9 Å². The summed E-state index contributed by atoms with van der Waals surface area (Å²) in [5.74, 6) is 1.22. The monoisotopic (exact) mass is 410 g/mol. The largest absolute Gasteiger partial charge is 0.334 e. The van der Waals surface area contributed by atoms with Crippen molar-refractivity contribution in [1.29, 1.82) is 0 Å². The second kappa shape index (κ2) is 6.56. The Bertz CT molecular complexity index is 1440. The molecule has 0 saturated heterocycles. The lowest BCUT2D eigenvalue weighted by molar-refractivity contribution is 0.419. The van der Waals surface area contributed by atoms with Crippen LogP contribution in [0.15, 0.2) is 50.8 Å². The van der Waals surface area contributed by atoms with Crippen molar-refractivity contribution < 1.29 is 4.52 Å². The van der Waals surface area contributed by atoms with Gasteiger partial charge in [0.25, 0.3) is 11.4 Å². The van der Waals surface area contributed by atoms with E-state index in [-0.39, 0.29) is 17.7 Å². The number of hydrogen-bond donors (Lipinski definition) is 3. The molecule has 0 spiro atoms. The molecule has 11 nitrogen and oxygen atoms in total. The molecule has 0 unspecified atom stereocenters. The van der Waals surface area contributed by atoms with Gasteiger partial charge in [-0.05, 0) is 24.3 Å². The fourth-order valence-corrected chi connectivity index (χ4v) is 2.94. The van der Waals surface area contributed by atoms with E-state index in [4.69, 9.17) is 16.1 Å². The third-order valence-electron chi connectivity index (χ3n) is 4.16. The summed E-state index contributed by atoms with van der Waals surface area (Å²) in [7, 11) is 0. The van der Waals surface area contributed by atoms with Gasteiger partial charge in [-0.25, -0.2) is 9.78 Å². The molecule has 0 atom stereocenters. The Kier molecular flexibility index (Phi) is 3.88. The molecule has 3 N–H and O–H groups in total. The Hall–Kier alpha value is -3.99. The second-order valence-electron chi connectivity index (χ2n) is 6.17. The molecule has 0 aliphatic heterocycles. The highest BCUT2D eigenvalue weighted by Gasteiger charge is 2.13. The smallest absolute Gasteiger partial charge is 0.327 e. The van der Waals surface area contributed by atoms with E-state index >= 15 is 0 Å². The normalized spacial score (nSPS) is 11.3. The lowest BCUT2D eigenvalue weighted by atomic mass is 10.2. The summed E-state index contributed by atoms with van der Waals surface area (Å²) in [6.45, 7) is 0.273. The SMILES string of the molecule is O=c1[nH]c(=O)c2[nH]c(-c3cnn(Cc4noc(-c5ccc(Cl)cc5)n4)c3)nc2[nH]1. The number of imidazole rings is 1. The topological polar surface area (TPSA) is 151 Å². The number of rotatable bonds is 4. The number of aromatic amines is 3. The number of nitrogens with one attached hydrogen (secondary N) is 3. The van der Waals surface area contributed by atoms with E-state index in [1.165, 1.54) is 0 Å². The second-order valence-corrected chi connectivity index (χ2v) is 6.60. The van der Waals surface area contributed by atoms with Crippen LogP contribution in [0.4, 0.5) is 0 Å². The average molecular weight is 411 g/mol. The maximum Gasteiger partial charge on any atom is 0.327 e. The first-order chi connectivity index (χ1) is 14.0. The predicted molar refractivity (Wildman–Crippen MR) is 102 cm³/mol. The molecule has 4 aromatic heterocycles. The van der Waals surface area contributed by atoms with Gasteiger partial charge in [0, 0.05) is 16.8 Å². The lowest BCUT2D eigenvalue weighted by Gasteiger charge is -1.95. The van der Waals surface area contributed by atoms with Gasteiger partial charge in [-0.15, -0.1) is 0 Å². The highest BCUT2D eigenvalue weighted by Crippen LogP contribution is 2.20. The van der Waals surface area contributed by atoms with Crippen molar-refractivity contribution in [1.82, 2.24) is 39.9 Å². The summed E-state index contributed by atoms with van der Waals surface area (Å²) in [6.07, 6.45) is 3.28. The van der Waals surface area contributed by atoms with Crippen LogP contribution < -0.4 is 11.2 Å². The number of fused-ring (bicyclic) bond motifs is 1. The molecule has 5 aromatic rings. The molecule has 12 heteroatoms. The molecule has 29 heavy (non-hydrogen) atoms. The number of halogens is 1. The molecule has 4 heterocycles. The van der Waals surface area contributed by atoms with Gasteiger partial charge in [0.2, 0.25) is 0 Å². The number of aromatic nitrogens is 8. The minimum atomic E-state index is -0.621. The first-order valence-corrected chi connectivity index (χ1v) is 8.76. The van der Waals surface area contributed by atoms with E-state index in [0.717, 1.165) is 5.56 Å². The average Bonchev–Trinajstić information content (AvgIpc) is 3.42. The van der Waals surface area contributed by atoms with Gasteiger partial charge in [-0.3, -0.25) is 19.4 Å². The zero-order valence-corrected chi connectivity index (χ0v) is 15.3. The van der Waals surface area contributed by atoms with E-state index in [2.05, 4.69) is 35.2 Å². The van der Waals surface area contributed by atoms with Crippen LogP contribution in [0.2, 0.25) is 5.02 Å². The summed E-state index contributed by atoms with van der Waals surface area (Å²) in [5, 5.41) is 8.83. The Morgan fingerprint density at radius 1 is 1.03 bits per heavy atom. The minimum absolute atomic E-state index is 0.173. The molecule has 0 aliphatic carbocycles. The molecule has 0 radical (unpaired) electrons. The number of benzene rings is 1. The molecule has 0 amide bonds. The fraction of sp³-hybridized carbons (Fsp3) is 0.0588. The summed E-state index contributed by atoms with van der Waals surface area (Å²) in [6, 6.07) is 7.07. The van der Waals surface area contributed by atoms with Gasteiger partial charge in [0.05, 0.1) is 11.8 Å². The molecular formula is C17H11ClN8O3. The van der Waals surface area contributed by atoms with E-state index in [1.54, 1.807) is 41.3 Å². The van der Waals surface area contributed by atoms with E-state index in [0.29, 0.717) is 28.1 Å². The Balaban J connectivity index is 1.40. The molecule has 5 rings (SSSR count). The van der Waals surface area contributed by atoms with Gasteiger partial charge in [0.1, 0.15) is 17.9 Å². The van der Waals surface area contributed by atoms with Crippen LogP contribution in [0.1, 0.15) is 5.82 Å². The van der Waals surface area contributed by atoms with Crippen LogP contribution in [-0.2, 0) is 6.54 Å². The molecule has 0 bridgehead atoms. The van der Waals surface area contributed by atoms with E-state index in [1.807, 2.05) is 0 Å². The highest BCUT2D eigenvalue weighted by molar-refractivity contribution is 6.30. The summed E-state index contributed by atoms with van der Waals surface area (Å²) in [4.78, 5) is 39.3. The summed E-state index contributed by atoms with van der Waals surface area (Å²) < 4.78 is 6.89. The number of H-pyrrole nitrogens is 3. The lowest BCUT2D eigenvalue weighted by Crippen LogP contribution is -2.21. The van der Waals surface area contributed by atoms with Crippen LogP contribution in [0.25, 0.3) is 34.0 Å². The van der Waals surface area contributed by atoms with Crippen molar-refractivity contribution >= 4 is 22.8 Å². The van der Waals surface area contributed by atoms with E-state index < -0.39 is 11.2 Å². The maximum atomic E-state index is 11.8. The zero-order chi connectivity index (χ0) is 20.0. The fourth-order valence-electron chi connectivity index (χ4n) is 2.81. The van der Waals surface area contributed by atoms with Crippen molar-refractivity contribution in [3.8, 4) is 22.8 Å². The van der Waals surface area contributed by atoms with Crippen LogP contribution in [0, 0.1) is 0 Å². The Morgan fingerprint density at radius 2 is 1.86 bits per heavy atom. The minimum Gasteiger partial charge on any atom is -0.334 e. The molecule has 0 aliphatic rings. The van der Waals surface area contributed by atoms with Crippen molar-refractivity contribution in [2.75, 3.05) is 0 Å². The van der Waals surface area contributed by atoms with Gasteiger partial charge in [-0.2, -0.15) is 10.1 Å². The molecule has 0 fully saturated rings. The zero-order valence-electron chi connectivity index (χ0n) is 14.5.